The summed E-state index contributed by atoms with van der Waals surface area (Å²) in [5.74, 6) is 1.43. The number of hydrogen-bond donors (Lipinski definition) is 1. The van der Waals surface area contributed by atoms with Gasteiger partial charge in [0.1, 0.15) is 11.5 Å². The van der Waals surface area contributed by atoms with Crippen LogP contribution in [0, 0.1) is 0 Å². The number of hydrogen-bond acceptors (Lipinski definition) is 3. The standard InChI is InChI=1S/C11H13Cl2NO2/c1-15-10-3-9(4-11(5-10)16-2)14-7-8(13)6-12/h3-6,14H,7H2,1-2H3. The molecular weight excluding hydrogens is 249 g/mol. The Kier molecular flexibility index (Phi) is 5.29. The van der Waals surface area contributed by atoms with E-state index in [-0.39, 0.29) is 0 Å². The van der Waals surface area contributed by atoms with Crippen LogP contribution in [-0.4, -0.2) is 20.8 Å². The molecule has 1 aromatic rings. The molecule has 0 atom stereocenters. The van der Waals surface area contributed by atoms with Crippen LogP contribution >= 0.6 is 23.2 Å². The first-order valence-corrected chi connectivity index (χ1v) is 5.42. The third-order valence-electron chi connectivity index (χ3n) is 1.93. The zero-order valence-electron chi connectivity index (χ0n) is 9.09. The molecule has 1 N–H and O–H groups in total. The average molecular weight is 262 g/mol. The molecule has 0 fully saturated rings. The molecule has 0 radical (unpaired) electrons. The fraction of sp³-hybridized carbons (Fsp3) is 0.273. The van der Waals surface area contributed by atoms with E-state index in [1.165, 1.54) is 5.54 Å². The molecule has 0 spiro atoms. The number of ether oxygens (including phenoxy) is 2. The number of anilines is 1. The minimum absolute atomic E-state index is 0.460. The molecule has 0 bridgehead atoms. The minimum Gasteiger partial charge on any atom is -0.497 e. The summed E-state index contributed by atoms with van der Waals surface area (Å²) in [7, 11) is 3.20. The summed E-state index contributed by atoms with van der Waals surface area (Å²) in [6, 6.07) is 5.49. The molecule has 0 saturated heterocycles. The molecule has 16 heavy (non-hydrogen) atoms. The summed E-state index contributed by atoms with van der Waals surface area (Å²) in [6.45, 7) is 0.460. The molecule has 0 aliphatic carbocycles. The summed E-state index contributed by atoms with van der Waals surface area (Å²) in [6.07, 6.45) is 0. The van der Waals surface area contributed by atoms with E-state index in [4.69, 9.17) is 32.7 Å². The Morgan fingerprint density at radius 2 is 1.81 bits per heavy atom. The van der Waals surface area contributed by atoms with Gasteiger partial charge in [-0.05, 0) is 0 Å². The lowest BCUT2D eigenvalue weighted by Crippen LogP contribution is -2.01. The number of benzene rings is 1. The van der Waals surface area contributed by atoms with E-state index in [0.717, 1.165) is 5.69 Å². The number of rotatable bonds is 5. The molecule has 0 amide bonds. The average Bonchev–Trinajstić information content (AvgIpc) is 2.35. The largest absolute Gasteiger partial charge is 0.497 e. The van der Waals surface area contributed by atoms with E-state index in [2.05, 4.69) is 5.32 Å². The molecule has 0 unspecified atom stereocenters. The highest BCUT2D eigenvalue weighted by Gasteiger charge is 2.01. The van der Waals surface area contributed by atoms with Gasteiger partial charge >= 0.3 is 0 Å². The predicted octanol–water partition coefficient (Wildman–Crippen LogP) is 3.43. The zero-order chi connectivity index (χ0) is 12.0. The Morgan fingerprint density at radius 1 is 1.25 bits per heavy atom. The van der Waals surface area contributed by atoms with E-state index >= 15 is 0 Å². The third kappa shape index (κ3) is 3.83. The lowest BCUT2D eigenvalue weighted by Gasteiger charge is -2.10. The second kappa shape index (κ2) is 6.51. The van der Waals surface area contributed by atoms with Gasteiger partial charge in [0.15, 0.2) is 0 Å². The third-order valence-corrected chi connectivity index (χ3v) is 2.55. The van der Waals surface area contributed by atoms with Gasteiger partial charge in [-0.25, -0.2) is 0 Å². The van der Waals surface area contributed by atoms with Crippen LogP contribution in [0.5, 0.6) is 11.5 Å². The van der Waals surface area contributed by atoms with Crippen molar-refractivity contribution in [1.82, 2.24) is 0 Å². The molecule has 0 aliphatic heterocycles. The van der Waals surface area contributed by atoms with Gasteiger partial charge in [0.2, 0.25) is 0 Å². The maximum atomic E-state index is 5.77. The minimum atomic E-state index is 0.460. The molecule has 0 aliphatic rings. The Labute approximate surface area is 105 Å². The summed E-state index contributed by atoms with van der Waals surface area (Å²) in [4.78, 5) is 0. The molecule has 88 valence electrons. The van der Waals surface area contributed by atoms with E-state index in [1.807, 2.05) is 12.1 Å². The van der Waals surface area contributed by atoms with Crippen LogP contribution in [0.2, 0.25) is 0 Å². The van der Waals surface area contributed by atoms with Crippen molar-refractivity contribution >= 4 is 28.9 Å². The van der Waals surface area contributed by atoms with Gasteiger partial charge in [0, 0.05) is 34.5 Å². The summed E-state index contributed by atoms with van der Waals surface area (Å²) < 4.78 is 10.3. The van der Waals surface area contributed by atoms with Gasteiger partial charge in [0.25, 0.3) is 0 Å². The molecule has 0 saturated carbocycles. The molecule has 1 aromatic carbocycles. The molecule has 5 heteroatoms. The summed E-state index contributed by atoms with van der Waals surface area (Å²) in [5.41, 5.74) is 2.18. The van der Waals surface area contributed by atoms with E-state index in [1.54, 1.807) is 20.3 Å². The highest BCUT2D eigenvalue weighted by Crippen LogP contribution is 2.25. The predicted molar refractivity (Wildman–Crippen MR) is 67.8 cm³/mol. The van der Waals surface area contributed by atoms with Gasteiger partial charge in [-0.1, -0.05) is 23.2 Å². The Bertz CT molecular complexity index is 358. The fourth-order valence-corrected chi connectivity index (χ4v) is 1.28. The maximum Gasteiger partial charge on any atom is 0.124 e. The SMILES string of the molecule is COc1cc(NCC(Cl)=CCl)cc(OC)c1. The van der Waals surface area contributed by atoms with Crippen LogP contribution in [0.15, 0.2) is 28.8 Å². The topological polar surface area (TPSA) is 30.5 Å². The van der Waals surface area contributed by atoms with E-state index in [0.29, 0.717) is 23.1 Å². The lowest BCUT2D eigenvalue weighted by molar-refractivity contribution is 0.394. The molecular formula is C11H13Cl2NO2. The normalized spacial score (nSPS) is 11.1. The van der Waals surface area contributed by atoms with Gasteiger partial charge in [0.05, 0.1) is 20.8 Å². The molecule has 0 aromatic heterocycles. The smallest absolute Gasteiger partial charge is 0.124 e. The van der Waals surface area contributed by atoms with Crippen molar-refractivity contribution in [2.45, 2.75) is 0 Å². The van der Waals surface area contributed by atoms with Gasteiger partial charge in [-0.15, -0.1) is 0 Å². The number of nitrogens with one attached hydrogen (secondary N) is 1. The van der Waals surface area contributed by atoms with Crippen LogP contribution in [0.4, 0.5) is 5.69 Å². The molecule has 1 rings (SSSR count). The zero-order valence-corrected chi connectivity index (χ0v) is 10.6. The monoisotopic (exact) mass is 261 g/mol. The van der Waals surface area contributed by atoms with Crippen LogP contribution < -0.4 is 14.8 Å². The van der Waals surface area contributed by atoms with E-state index < -0.39 is 0 Å². The Hall–Kier alpha value is -1.06. The fourth-order valence-electron chi connectivity index (χ4n) is 1.13. The van der Waals surface area contributed by atoms with Crippen LogP contribution in [0.25, 0.3) is 0 Å². The number of halogens is 2. The van der Waals surface area contributed by atoms with Crippen molar-refractivity contribution in [3.8, 4) is 11.5 Å². The second-order valence-electron chi connectivity index (χ2n) is 3.01. The van der Waals surface area contributed by atoms with Crippen molar-refractivity contribution in [2.75, 3.05) is 26.1 Å². The highest BCUT2D eigenvalue weighted by molar-refractivity contribution is 6.36. The van der Waals surface area contributed by atoms with Crippen LogP contribution in [0.3, 0.4) is 0 Å². The summed E-state index contributed by atoms with van der Waals surface area (Å²) >= 11 is 11.2. The van der Waals surface area contributed by atoms with Crippen molar-refractivity contribution in [3.63, 3.8) is 0 Å². The van der Waals surface area contributed by atoms with Crippen molar-refractivity contribution in [2.24, 2.45) is 0 Å². The van der Waals surface area contributed by atoms with Gasteiger partial charge in [-0.2, -0.15) is 0 Å². The van der Waals surface area contributed by atoms with Crippen LogP contribution in [0.1, 0.15) is 0 Å². The maximum absolute atomic E-state index is 5.77. The first kappa shape index (κ1) is 13.0. The summed E-state index contributed by atoms with van der Waals surface area (Å²) in [5, 5.41) is 3.63. The second-order valence-corrected chi connectivity index (χ2v) is 3.71. The first-order valence-electron chi connectivity index (χ1n) is 4.61. The van der Waals surface area contributed by atoms with E-state index in [9.17, 15) is 0 Å². The quantitative estimate of drug-likeness (QED) is 0.881. The Balaban J connectivity index is 2.78. The van der Waals surface area contributed by atoms with Crippen molar-refractivity contribution < 1.29 is 9.47 Å². The molecule has 3 nitrogen and oxygen atoms in total. The van der Waals surface area contributed by atoms with Gasteiger partial charge in [-0.3, -0.25) is 0 Å². The van der Waals surface area contributed by atoms with Crippen molar-refractivity contribution in [3.05, 3.63) is 28.8 Å². The van der Waals surface area contributed by atoms with Gasteiger partial charge < -0.3 is 14.8 Å². The number of methoxy groups -OCH3 is 2. The van der Waals surface area contributed by atoms with Crippen LogP contribution in [-0.2, 0) is 0 Å². The highest BCUT2D eigenvalue weighted by atomic mass is 35.5. The van der Waals surface area contributed by atoms with Crippen molar-refractivity contribution in [1.29, 1.82) is 0 Å². The lowest BCUT2D eigenvalue weighted by atomic mass is 10.2. The molecule has 0 heterocycles. The first-order chi connectivity index (χ1) is 7.69. The Morgan fingerprint density at radius 3 is 2.25 bits per heavy atom.